The number of aromatic nitrogens is 1. The Morgan fingerprint density at radius 3 is 2.61 bits per heavy atom. The lowest BCUT2D eigenvalue weighted by atomic mass is 10.1. The molecule has 0 fully saturated rings. The van der Waals surface area contributed by atoms with Crippen LogP contribution in [0, 0.1) is 20.8 Å². The van der Waals surface area contributed by atoms with E-state index in [-0.39, 0.29) is 0 Å². The Morgan fingerprint density at radius 1 is 1.17 bits per heavy atom. The summed E-state index contributed by atoms with van der Waals surface area (Å²) < 4.78 is 0. The maximum absolute atomic E-state index is 4.55. The average Bonchev–Trinajstić information content (AvgIpc) is 2.66. The van der Waals surface area contributed by atoms with E-state index in [4.69, 9.17) is 0 Å². The van der Waals surface area contributed by atoms with E-state index < -0.39 is 0 Å². The molecule has 0 spiro atoms. The van der Waals surface area contributed by atoms with Crippen LogP contribution in [0.3, 0.4) is 0 Å². The van der Waals surface area contributed by atoms with Crippen molar-refractivity contribution < 1.29 is 0 Å². The first-order valence-corrected chi connectivity index (χ1v) is 7.16. The first-order chi connectivity index (χ1) is 8.66. The van der Waals surface area contributed by atoms with Gasteiger partial charge < -0.3 is 5.32 Å². The van der Waals surface area contributed by atoms with E-state index in [2.05, 4.69) is 55.3 Å². The van der Waals surface area contributed by atoms with Gasteiger partial charge >= 0.3 is 0 Å². The maximum atomic E-state index is 4.55. The van der Waals surface area contributed by atoms with Crippen LogP contribution in [0.25, 0.3) is 0 Å². The summed E-state index contributed by atoms with van der Waals surface area (Å²) in [6.07, 6.45) is 1.02. The van der Waals surface area contributed by atoms with Gasteiger partial charge in [0.2, 0.25) is 0 Å². The van der Waals surface area contributed by atoms with Crippen LogP contribution >= 0.6 is 11.3 Å². The summed E-state index contributed by atoms with van der Waals surface area (Å²) in [7, 11) is 0. The van der Waals surface area contributed by atoms with E-state index >= 15 is 0 Å². The van der Waals surface area contributed by atoms with Crippen LogP contribution in [0.5, 0.6) is 0 Å². The van der Waals surface area contributed by atoms with Crippen LogP contribution in [0.2, 0.25) is 0 Å². The van der Waals surface area contributed by atoms with E-state index in [1.807, 2.05) is 11.3 Å². The molecule has 3 heteroatoms. The molecule has 1 heterocycles. The minimum atomic E-state index is 0.940. The molecule has 0 radical (unpaired) electrons. The summed E-state index contributed by atoms with van der Waals surface area (Å²) in [6.45, 7) is 8.30. The van der Waals surface area contributed by atoms with Crippen molar-refractivity contribution >= 4 is 11.3 Å². The molecule has 18 heavy (non-hydrogen) atoms. The molecule has 0 aliphatic heterocycles. The molecule has 1 N–H and O–H groups in total. The molecule has 1 aromatic carbocycles. The number of nitrogens with one attached hydrogen (secondary N) is 1. The molecule has 0 saturated heterocycles. The molecule has 0 amide bonds. The summed E-state index contributed by atoms with van der Waals surface area (Å²) >= 11 is 1.81. The van der Waals surface area contributed by atoms with Crippen molar-refractivity contribution in [3.05, 3.63) is 51.0 Å². The Labute approximate surface area is 113 Å². The van der Waals surface area contributed by atoms with Crippen LogP contribution in [0.4, 0.5) is 0 Å². The third-order valence-electron chi connectivity index (χ3n) is 3.17. The highest BCUT2D eigenvalue weighted by Crippen LogP contribution is 2.16. The number of benzene rings is 1. The lowest BCUT2D eigenvalue weighted by Crippen LogP contribution is -2.17. The fourth-order valence-corrected chi connectivity index (χ4v) is 2.81. The summed E-state index contributed by atoms with van der Waals surface area (Å²) in [5.74, 6) is 0. The Kier molecular flexibility index (Phi) is 4.50. The van der Waals surface area contributed by atoms with E-state index in [1.165, 1.54) is 26.7 Å². The third-order valence-corrected chi connectivity index (χ3v) is 4.30. The van der Waals surface area contributed by atoms with Crippen LogP contribution in [0.15, 0.2) is 24.3 Å². The molecule has 1 aromatic heterocycles. The second-order valence-corrected chi connectivity index (χ2v) is 5.89. The number of aryl methyl sites for hydroxylation is 3. The third kappa shape index (κ3) is 3.40. The molecule has 96 valence electrons. The highest BCUT2D eigenvalue weighted by Gasteiger charge is 2.03. The van der Waals surface area contributed by atoms with Gasteiger partial charge in [0.05, 0.1) is 10.7 Å². The largest absolute Gasteiger partial charge is 0.312 e. The number of rotatable bonds is 5. The zero-order chi connectivity index (χ0) is 13.0. The summed E-state index contributed by atoms with van der Waals surface area (Å²) in [5.41, 5.74) is 3.91. The van der Waals surface area contributed by atoms with E-state index in [0.717, 1.165) is 19.5 Å². The number of hydrogen-bond acceptors (Lipinski definition) is 3. The van der Waals surface area contributed by atoms with Gasteiger partial charge in [0.1, 0.15) is 0 Å². The molecular weight excluding hydrogens is 240 g/mol. The van der Waals surface area contributed by atoms with Crippen molar-refractivity contribution in [1.82, 2.24) is 10.3 Å². The van der Waals surface area contributed by atoms with Gasteiger partial charge in [-0.2, -0.15) is 0 Å². The number of thiazole rings is 1. The quantitative estimate of drug-likeness (QED) is 0.833. The van der Waals surface area contributed by atoms with Crippen LogP contribution in [0.1, 0.15) is 26.7 Å². The van der Waals surface area contributed by atoms with E-state index in [9.17, 15) is 0 Å². The van der Waals surface area contributed by atoms with E-state index in [0.29, 0.717) is 0 Å². The van der Waals surface area contributed by atoms with Gasteiger partial charge in [0.25, 0.3) is 0 Å². The highest BCUT2D eigenvalue weighted by atomic mass is 32.1. The zero-order valence-corrected chi connectivity index (χ0v) is 12.1. The molecular formula is C15H20N2S. The fraction of sp³-hybridized carbons (Fsp3) is 0.400. The van der Waals surface area contributed by atoms with Crippen molar-refractivity contribution in [3.8, 4) is 0 Å². The molecule has 2 aromatic rings. The Balaban J connectivity index is 1.78. The van der Waals surface area contributed by atoms with Crippen LogP contribution in [-0.2, 0) is 13.0 Å². The van der Waals surface area contributed by atoms with E-state index in [1.54, 1.807) is 0 Å². The molecule has 0 aliphatic carbocycles. The minimum Gasteiger partial charge on any atom is -0.312 e. The molecule has 2 nitrogen and oxygen atoms in total. The van der Waals surface area contributed by atoms with Crippen molar-refractivity contribution in [1.29, 1.82) is 0 Å². The molecule has 0 unspecified atom stereocenters. The molecule has 2 rings (SSSR count). The van der Waals surface area contributed by atoms with Gasteiger partial charge in [-0.05, 0) is 31.9 Å². The molecule has 0 atom stereocenters. The van der Waals surface area contributed by atoms with Gasteiger partial charge in [0.15, 0.2) is 0 Å². The van der Waals surface area contributed by atoms with Gasteiger partial charge in [-0.25, -0.2) is 4.98 Å². The van der Waals surface area contributed by atoms with Crippen LogP contribution in [-0.4, -0.2) is 11.5 Å². The van der Waals surface area contributed by atoms with Gasteiger partial charge in [0, 0.05) is 24.4 Å². The predicted molar refractivity (Wildman–Crippen MR) is 78.2 cm³/mol. The second kappa shape index (κ2) is 6.12. The van der Waals surface area contributed by atoms with Crippen molar-refractivity contribution in [2.45, 2.75) is 33.7 Å². The first-order valence-electron chi connectivity index (χ1n) is 6.35. The zero-order valence-electron chi connectivity index (χ0n) is 11.3. The average molecular weight is 260 g/mol. The standard InChI is InChI=1S/C15H20N2S/c1-11-6-4-5-7-14(11)10-16-9-8-15-17-12(2)13(3)18-15/h4-7,16H,8-10H2,1-3H3. The number of hydrogen-bond donors (Lipinski definition) is 1. The Bertz CT molecular complexity index is 497. The minimum absolute atomic E-state index is 0.940. The second-order valence-electron chi connectivity index (χ2n) is 4.60. The SMILES string of the molecule is Cc1ccccc1CNCCc1nc(C)c(C)s1. The first kappa shape index (κ1) is 13.2. The van der Waals surface area contributed by atoms with Gasteiger partial charge in [-0.1, -0.05) is 24.3 Å². The van der Waals surface area contributed by atoms with Crippen molar-refractivity contribution in [3.63, 3.8) is 0 Å². The van der Waals surface area contributed by atoms with Gasteiger partial charge in [-0.15, -0.1) is 11.3 Å². The van der Waals surface area contributed by atoms with Gasteiger partial charge in [-0.3, -0.25) is 0 Å². The number of nitrogens with zero attached hydrogens (tertiary/aromatic N) is 1. The predicted octanol–water partition coefficient (Wildman–Crippen LogP) is 3.40. The fourth-order valence-electron chi connectivity index (χ4n) is 1.87. The summed E-state index contributed by atoms with van der Waals surface area (Å²) in [4.78, 5) is 5.89. The summed E-state index contributed by atoms with van der Waals surface area (Å²) in [6, 6.07) is 8.52. The van der Waals surface area contributed by atoms with Crippen molar-refractivity contribution in [2.24, 2.45) is 0 Å². The lowest BCUT2D eigenvalue weighted by Gasteiger charge is -2.06. The molecule has 0 saturated carbocycles. The lowest BCUT2D eigenvalue weighted by molar-refractivity contribution is 0.682. The topological polar surface area (TPSA) is 24.9 Å². The molecule has 0 bridgehead atoms. The normalized spacial score (nSPS) is 10.8. The Morgan fingerprint density at radius 2 is 1.94 bits per heavy atom. The molecule has 0 aliphatic rings. The Hall–Kier alpha value is -1.19. The summed E-state index contributed by atoms with van der Waals surface area (Å²) in [5, 5.41) is 4.72. The van der Waals surface area contributed by atoms with Crippen molar-refractivity contribution in [2.75, 3.05) is 6.54 Å². The maximum Gasteiger partial charge on any atom is 0.0943 e. The van der Waals surface area contributed by atoms with Crippen LogP contribution < -0.4 is 5.32 Å². The smallest absolute Gasteiger partial charge is 0.0943 e. The monoisotopic (exact) mass is 260 g/mol. The highest BCUT2D eigenvalue weighted by molar-refractivity contribution is 7.11.